The van der Waals surface area contributed by atoms with E-state index in [1.165, 1.54) is 5.12 Å². The monoisotopic (exact) mass is 252 g/mol. The van der Waals surface area contributed by atoms with Crippen molar-refractivity contribution in [3.8, 4) is 0 Å². The van der Waals surface area contributed by atoms with Gasteiger partial charge in [-0.05, 0) is 19.9 Å². The molecule has 19 heavy (non-hydrogen) atoms. The van der Waals surface area contributed by atoms with Gasteiger partial charge in [-0.2, -0.15) is 5.10 Å². The SMILES string of the molecule is C=C1N=C2C(=O)c3cc(C)ccc3C2=NN1/N=C\C. The Morgan fingerprint density at radius 2 is 2.11 bits per heavy atom. The van der Waals surface area contributed by atoms with E-state index in [1.54, 1.807) is 13.1 Å². The third-order valence-electron chi connectivity index (χ3n) is 3.01. The lowest BCUT2D eigenvalue weighted by atomic mass is 10.1. The standard InChI is InChI=1S/C14H12N4O/c1-4-15-18-9(3)16-13-12(17-18)10-6-5-8(2)7-11(10)14(13)19/h4-7H,3H2,1-2H3/b15-4-. The van der Waals surface area contributed by atoms with Gasteiger partial charge in [-0.3, -0.25) is 4.79 Å². The molecule has 0 amide bonds. The van der Waals surface area contributed by atoms with E-state index in [9.17, 15) is 4.79 Å². The van der Waals surface area contributed by atoms with E-state index >= 15 is 0 Å². The van der Waals surface area contributed by atoms with Gasteiger partial charge in [0.2, 0.25) is 5.78 Å². The summed E-state index contributed by atoms with van der Waals surface area (Å²) >= 11 is 0. The van der Waals surface area contributed by atoms with Crippen molar-refractivity contribution in [3.05, 3.63) is 47.3 Å². The fraction of sp³-hybridized carbons (Fsp3) is 0.143. The molecule has 0 atom stereocenters. The third-order valence-corrected chi connectivity index (χ3v) is 3.01. The Hall–Kier alpha value is -2.56. The Bertz CT molecular complexity index is 697. The van der Waals surface area contributed by atoms with Crippen LogP contribution in [0.2, 0.25) is 0 Å². The lowest BCUT2D eigenvalue weighted by Gasteiger charge is -2.17. The number of aryl methyl sites for hydroxylation is 1. The topological polar surface area (TPSA) is 57.4 Å². The number of hydrazone groups is 2. The van der Waals surface area contributed by atoms with Gasteiger partial charge in [-0.25, -0.2) is 4.99 Å². The van der Waals surface area contributed by atoms with Crippen molar-refractivity contribution < 1.29 is 4.79 Å². The smallest absolute Gasteiger partial charge is 0.214 e. The number of rotatable bonds is 1. The Morgan fingerprint density at radius 1 is 1.32 bits per heavy atom. The molecule has 0 fully saturated rings. The van der Waals surface area contributed by atoms with E-state index in [2.05, 4.69) is 21.8 Å². The number of aliphatic imine (C=N–C) groups is 1. The zero-order valence-electron chi connectivity index (χ0n) is 10.7. The van der Waals surface area contributed by atoms with Crippen LogP contribution < -0.4 is 0 Å². The maximum atomic E-state index is 12.3. The molecule has 1 aliphatic carbocycles. The Kier molecular flexibility index (Phi) is 2.41. The van der Waals surface area contributed by atoms with Crippen LogP contribution in [0.5, 0.6) is 0 Å². The summed E-state index contributed by atoms with van der Waals surface area (Å²) in [5.74, 6) is 0.244. The number of ketones is 1. The average molecular weight is 252 g/mol. The molecule has 0 radical (unpaired) electrons. The number of benzene rings is 1. The lowest BCUT2D eigenvalue weighted by molar-refractivity contribution is 0.106. The number of nitrogens with zero attached hydrogens (tertiary/aromatic N) is 4. The van der Waals surface area contributed by atoms with E-state index in [0.717, 1.165) is 11.1 Å². The minimum atomic E-state index is -0.0984. The van der Waals surface area contributed by atoms with E-state index in [4.69, 9.17) is 0 Å². The van der Waals surface area contributed by atoms with Crippen molar-refractivity contribution in [2.24, 2.45) is 15.2 Å². The van der Waals surface area contributed by atoms with Gasteiger partial charge in [0.1, 0.15) is 11.4 Å². The van der Waals surface area contributed by atoms with Gasteiger partial charge in [0.15, 0.2) is 5.82 Å². The molecule has 0 N–H and O–H groups in total. The van der Waals surface area contributed by atoms with Crippen LogP contribution >= 0.6 is 0 Å². The Balaban J connectivity index is 2.20. The first-order chi connectivity index (χ1) is 9.11. The molecule has 1 heterocycles. The molecule has 1 aromatic carbocycles. The highest BCUT2D eigenvalue weighted by molar-refractivity contribution is 6.78. The van der Waals surface area contributed by atoms with Crippen molar-refractivity contribution in [1.29, 1.82) is 0 Å². The highest BCUT2D eigenvalue weighted by atomic mass is 16.1. The predicted octanol–water partition coefficient (Wildman–Crippen LogP) is 2.13. The van der Waals surface area contributed by atoms with Crippen LogP contribution in [0, 0.1) is 6.92 Å². The lowest BCUT2D eigenvalue weighted by Crippen LogP contribution is -2.25. The molecular formula is C14H12N4O. The normalized spacial score (nSPS) is 17.5. The molecule has 0 aromatic heterocycles. The number of carbonyl (C=O) groups is 1. The van der Waals surface area contributed by atoms with Gasteiger partial charge in [0.05, 0.1) is 0 Å². The molecule has 0 spiro atoms. The second-order valence-corrected chi connectivity index (χ2v) is 4.37. The van der Waals surface area contributed by atoms with Gasteiger partial charge in [0.25, 0.3) is 0 Å². The molecule has 5 nitrogen and oxygen atoms in total. The van der Waals surface area contributed by atoms with Gasteiger partial charge in [-0.1, -0.05) is 24.3 Å². The van der Waals surface area contributed by atoms with Crippen molar-refractivity contribution >= 4 is 23.4 Å². The fourth-order valence-electron chi connectivity index (χ4n) is 2.15. The molecule has 0 unspecified atom stereocenters. The van der Waals surface area contributed by atoms with Crippen LogP contribution in [0.15, 0.2) is 45.8 Å². The van der Waals surface area contributed by atoms with Gasteiger partial charge >= 0.3 is 0 Å². The number of Topliss-reactive ketones (excluding diaryl/α,β-unsaturated/α-hetero) is 1. The summed E-state index contributed by atoms with van der Waals surface area (Å²) in [7, 11) is 0. The fourth-order valence-corrected chi connectivity index (χ4v) is 2.15. The molecule has 2 aliphatic rings. The first kappa shape index (κ1) is 11.5. The second-order valence-electron chi connectivity index (χ2n) is 4.37. The van der Waals surface area contributed by atoms with Gasteiger partial charge in [-0.15, -0.1) is 10.2 Å². The second kappa shape index (κ2) is 3.98. The Labute approximate surface area is 110 Å². The first-order valence-corrected chi connectivity index (χ1v) is 5.93. The van der Waals surface area contributed by atoms with Crippen LogP contribution in [0.25, 0.3) is 0 Å². The van der Waals surface area contributed by atoms with E-state index < -0.39 is 0 Å². The summed E-state index contributed by atoms with van der Waals surface area (Å²) in [6.07, 6.45) is 1.60. The van der Waals surface area contributed by atoms with Crippen LogP contribution in [0.1, 0.15) is 28.4 Å². The highest BCUT2D eigenvalue weighted by Crippen LogP contribution is 2.27. The quantitative estimate of drug-likeness (QED) is 0.719. The molecular weight excluding hydrogens is 240 g/mol. The van der Waals surface area contributed by atoms with E-state index in [-0.39, 0.29) is 5.78 Å². The average Bonchev–Trinajstić information content (AvgIpc) is 2.64. The maximum absolute atomic E-state index is 12.3. The van der Waals surface area contributed by atoms with Gasteiger partial charge in [0, 0.05) is 17.3 Å². The molecule has 0 bridgehead atoms. The van der Waals surface area contributed by atoms with E-state index in [0.29, 0.717) is 22.8 Å². The molecule has 94 valence electrons. The van der Waals surface area contributed by atoms with Gasteiger partial charge < -0.3 is 0 Å². The van der Waals surface area contributed by atoms with Crippen molar-refractivity contribution in [3.63, 3.8) is 0 Å². The summed E-state index contributed by atoms with van der Waals surface area (Å²) in [6, 6.07) is 5.71. The summed E-state index contributed by atoms with van der Waals surface area (Å²) in [5.41, 5.74) is 3.41. The predicted molar refractivity (Wildman–Crippen MR) is 74.6 cm³/mol. The zero-order valence-corrected chi connectivity index (χ0v) is 10.7. The zero-order chi connectivity index (χ0) is 13.6. The van der Waals surface area contributed by atoms with Crippen molar-refractivity contribution in [1.82, 2.24) is 5.12 Å². The molecule has 1 aliphatic heterocycles. The minimum absolute atomic E-state index is 0.0984. The van der Waals surface area contributed by atoms with E-state index in [1.807, 2.05) is 25.1 Å². The Morgan fingerprint density at radius 3 is 2.84 bits per heavy atom. The molecule has 0 saturated heterocycles. The summed E-state index contributed by atoms with van der Waals surface area (Å²) < 4.78 is 0. The number of carbonyl (C=O) groups excluding carboxylic acids is 1. The molecule has 3 rings (SSSR count). The minimum Gasteiger partial charge on any atom is -0.287 e. The van der Waals surface area contributed by atoms with Crippen LogP contribution in [0.3, 0.4) is 0 Å². The van der Waals surface area contributed by atoms with Crippen LogP contribution in [0.4, 0.5) is 0 Å². The molecule has 5 heteroatoms. The van der Waals surface area contributed by atoms with Crippen molar-refractivity contribution in [2.75, 3.05) is 0 Å². The number of fused-ring (bicyclic) bond motifs is 3. The highest BCUT2D eigenvalue weighted by Gasteiger charge is 2.36. The summed E-state index contributed by atoms with van der Waals surface area (Å²) in [4.78, 5) is 16.5. The summed E-state index contributed by atoms with van der Waals surface area (Å²) in [6.45, 7) is 7.49. The number of hydrogen-bond acceptors (Lipinski definition) is 5. The molecule has 0 saturated carbocycles. The maximum Gasteiger partial charge on any atom is 0.214 e. The number of hydrogen-bond donors (Lipinski definition) is 0. The summed E-state index contributed by atoms with van der Waals surface area (Å²) in [5, 5.41) is 9.71. The largest absolute Gasteiger partial charge is 0.287 e. The van der Waals surface area contributed by atoms with Crippen LogP contribution in [-0.4, -0.2) is 28.5 Å². The van der Waals surface area contributed by atoms with Crippen LogP contribution in [-0.2, 0) is 0 Å². The van der Waals surface area contributed by atoms with Crippen molar-refractivity contribution in [2.45, 2.75) is 13.8 Å². The first-order valence-electron chi connectivity index (χ1n) is 5.93. The molecule has 1 aromatic rings. The third kappa shape index (κ3) is 1.62.